The highest BCUT2D eigenvalue weighted by molar-refractivity contribution is 5.81. The summed E-state index contributed by atoms with van der Waals surface area (Å²) < 4.78 is 12.2. The Morgan fingerprint density at radius 3 is 3.00 bits per heavy atom. The van der Waals surface area contributed by atoms with E-state index in [0.717, 1.165) is 12.0 Å². The van der Waals surface area contributed by atoms with Gasteiger partial charge in [0.15, 0.2) is 17.9 Å². The number of aromatic nitrogens is 2. The molecule has 0 aliphatic carbocycles. The Balaban J connectivity index is 1.98. The van der Waals surface area contributed by atoms with E-state index in [-0.39, 0.29) is 11.8 Å². The molecule has 2 aromatic heterocycles. The van der Waals surface area contributed by atoms with Crippen molar-refractivity contribution in [3.8, 4) is 5.75 Å². The zero-order chi connectivity index (χ0) is 19.4. The molecule has 1 unspecified atom stereocenters. The second-order valence-corrected chi connectivity index (χ2v) is 6.24. The Bertz CT molecular complexity index is 922. The Kier molecular flexibility index (Phi) is 5.66. The average Bonchev–Trinajstić information content (AvgIpc) is 2.72. The molecule has 0 saturated heterocycles. The highest BCUT2D eigenvalue weighted by atomic mass is 16.5. The molecule has 0 amide bonds. The first kappa shape index (κ1) is 18.8. The number of anilines is 2. The van der Waals surface area contributed by atoms with Crippen LogP contribution in [-0.4, -0.2) is 55.7 Å². The topological polar surface area (TPSA) is 86.0 Å². The number of fused-ring (bicyclic) bond motifs is 1. The van der Waals surface area contributed by atoms with E-state index in [9.17, 15) is 9.59 Å². The summed E-state index contributed by atoms with van der Waals surface area (Å²) in [5, 5.41) is 0. The van der Waals surface area contributed by atoms with Gasteiger partial charge in [-0.05, 0) is 12.1 Å². The maximum Gasteiger partial charge on any atom is 0.237 e. The Morgan fingerprint density at radius 1 is 1.48 bits per heavy atom. The number of hydrogen-bond donors (Lipinski definition) is 0. The molecule has 8 heteroatoms. The van der Waals surface area contributed by atoms with E-state index >= 15 is 0 Å². The van der Waals surface area contributed by atoms with Crippen molar-refractivity contribution in [3.05, 3.63) is 41.6 Å². The predicted molar refractivity (Wildman–Crippen MR) is 99.7 cm³/mol. The van der Waals surface area contributed by atoms with Gasteiger partial charge in [-0.15, -0.1) is 0 Å². The molecule has 0 fully saturated rings. The van der Waals surface area contributed by atoms with Gasteiger partial charge in [0.25, 0.3) is 0 Å². The van der Waals surface area contributed by atoms with Crippen LogP contribution in [-0.2, 0) is 4.74 Å². The van der Waals surface area contributed by atoms with E-state index in [1.807, 2.05) is 24.0 Å². The largest absolute Gasteiger partial charge is 0.488 e. The van der Waals surface area contributed by atoms with Crippen LogP contribution in [0.25, 0.3) is 0 Å². The van der Waals surface area contributed by atoms with Crippen LogP contribution < -0.4 is 15.1 Å². The van der Waals surface area contributed by atoms with Crippen LogP contribution in [0.15, 0.2) is 35.6 Å². The monoisotopic (exact) mass is 370 g/mol. The minimum Gasteiger partial charge on any atom is -0.488 e. The van der Waals surface area contributed by atoms with Gasteiger partial charge in [-0.25, -0.2) is 4.98 Å². The fourth-order valence-electron chi connectivity index (χ4n) is 2.99. The maximum absolute atomic E-state index is 12.6. The molecule has 1 aliphatic rings. The van der Waals surface area contributed by atoms with Crippen molar-refractivity contribution in [1.82, 2.24) is 9.55 Å². The highest BCUT2D eigenvalue weighted by Gasteiger charge is 2.23. The number of rotatable bonds is 5. The summed E-state index contributed by atoms with van der Waals surface area (Å²) in [6, 6.07) is 5.35. The minimum atomic E-state index is -0.279. The molecule has 2 aromatic rings. The lowest BCUT2D eigenvalue weighted by Crippen LogP contribution is -2.34. The predicted octanol–water partition coefficient (Wildman–Crippen LogP) is 1.68. The van der Waals surface area contributed by atoms with Crippen molar-refractivity contribution in [2.24, 2.45) is 10.9 Å². The Morgan fingerprint density at radius 2 is 2.30 bits per heavy atom. The number of nitrogens with zero attached hydrogens (tertiary/aromatic N) is 4. The highest BCUT2D eigenvalue weighted by Crippen LogP contribution is 2.34. The lowest BCUT2D eigenvalue weighted by atomic mass is 10.2. The first-order valence-electron chi connectivity index (χ1n) is 8.63. The van der Waals surface area contributed by atoms with Crippen molar-refractivity contribution in [3.63, 3.8) is 0 Å². The molecule has 0 bridgehead atoms. The summed E-state index contributed by atoms with van der Waals surface area (Å²) in [5.74, 6) is 0.826. The zero-order valence-corrected chi connectivity index (χ0v) is 15.6. The molecule has 0 saturated carbocycles. The molecule has 1 atom stereocenters. The summed E-state index contributed by atoms with van der Waals surface area (Å²) in [5.41, 5.74) is 1.84. The van der Waals surface area contributed by atoms with Gasteiger partial charge in [0.2, 0.25) is 5.91 Å². The zero-order valence-electron chi connectivity index (χ0n) is 15.6. The Labute approximate surface area is 157 Å². The average molecular weight is 370 g/mol. The summed E-state index contributed by atoms with van der Waals surface area (Å²) in [6.45, 7) is 3.23. The summed E-state index contributed by atoms with van der Waals surface area (Å²) in [7, 11) is 3.22. The minimum absolute atomic E-state index is 0.0832. The van der Waals surface area contributed by atoms with Gasteiger partial charge in [-0.2, -0.15) is 0 Å². The maximum atomic E-state index is 12.6. The van der Waals surface area contributed by atoms with Gasteiger partial charge in [0.05, 0.1) is 19.1 Å². The lowest BCUT2D eigenvalue weighted by molar-refractivity contribution is 0.0738. The van der Waals surface area contributed by atoms with Gasteiger partial charge in [0.1, 0.15) is 12.1 Å². The van der Waals surface area contributed by atoms with Gasteiger partial charge in [0, 0.05) is 43.9 Å². The quantitative estimate of drug-likeness (QED) is 0.745. The van der Waals surface area contributed by atoms with Crippen LogP contribution in [0.5, 0.6) is 5.75 Å². The standard InChI is InChI=1S/C19H22N4O4/c1-13(12-26-3)19(25)23-5-4-15(9-17(23)20-2)22-6-7-27-16-8-14(11-24)10-21-18(16)22/h4-5,8-11,13H,6-7,12H2,1-3H3. The van der Waals surface area contributed by atoms with Crippen LogP contribution in [0, 0.1) is 5.92 Å². The SMILES string of the molecule is CN=c1cc(N2CCOc3cc(C=O)cnc32)ccn1C(=O)C(C)COC. The van der Waals surface area contributed by atoms with E-state index < -0.39 is 0 Å². The fraction of sp³-hybridized carbons (Fsp3) is 0.368. The number of ether oxygens (including phenoxy) is 2. The molecule has 3 heterocycles. The van der Waals surface area contributed by atoms with Crippen LogP contribution in [0.2, 0.25) is 0 Å². The van der Waals surface area contributed by atoms with Gasteiger partial charge in [-0.1, -0.05) is 6.92 Å². The van der Waals surface area contributed by atoms with E-state index in [4.69, 9.17) is 9.47 Å². The second kappa shape index (κ2) is 8.13. The molecule has 3 rings (SSSR count). The van der Waals surface area contributed by atoms with Crippen molar-refractivity contribution in [2.75, 3.05) is 38.8 Å². The Hall–Kier alpha value is -3.00. The third-order valence-corrected chi connectivity index (χ3v) is 4.35. The first-order chi connectivity index (χ1) is 13.1. The van der Waals surface area contributed by atoms with Crippen LogP contribution >= 0.6 is 0 Å². The number of hydrogen-bond acceptors (Lipinski definition) is 7. The summed E-state index contributed by atoms with van der Waals surface area (Å²) in [4.78, 5) is 34.2. The third kappa shape index (κ3) is 3.75. The molecule has 1 aliphatic heterocycles. The molecule has 0 radical (unpaired) electrons. The summed E-state index contributed by atoms with van der Waals surface area (Å²) >= 11 is 0. The molecule has 142 valence electrons. The van der Waals surface area contributed by atoms with Crippen molar-refractivity contribution < 1.29 is 19.1 Å². The molecule has 27 heavy (non-hydrogen) atoms. The van der Waals surface area contributed by atoms with Gasteiger partial charge in [-0.3, -0.25) is 19.1 Å². The number of aldehydes is 1. The third-order valence-electron chi connectivity index (χ3n) is 4.35. The molecular formula is C19H22N4O4. The van der Waals surface area contributed by atoms with E-state index in [0.29, 0.717) is 42.4 Å². The van der Waals surface area contributed by atoms with E-state index in [1.165, 1.54) is 10.8 Å². The number of carbonyl (C=O) groups excluding carboxylic acids is 2. The van der Waals surface area contributed by atoms with Crippen LogP contribution in [0.3, 0.4) is 0 Å². The molecule has 0 aromatic carbocycles. The van der Waals surface area contributed by atoms with E-state index in [1.54, 1.807) is 26.4 Å². The molecular weight excluding hydrogens is 348 g/mol. The van der Waals surface area contributed by atoms with Crippen molar-refractivity contribution >= 4 is 23.7 Å². The summed E-state index contributed by atoms with van der Waals surface area (Å²) in [6.07, 6.45) is 3.96. The first-order valence-corrected chi connectivity index (χ1v) is 8.63. The van der Waals surface area contributed by atoms with Crippen LogP contribution in [0.1, 0.15) is 22.1 Å². The second-order valence-electron chi connectivity index (χ2n) is 6.24. The lowest BCUT2D eigenvalue weighted by Gasteiger charge is -2.30. The smallest absolute Gasteiger partial charge is 0.237 e. The van der Waals surface area contributed by atoms with Crippen LogP contribution in [0.4, 0.5) is 11.5 Å². The normalized spacial score (nSPS) is 15.1. The van der Waals surface area contributed by atoms with Crippen molar-refractivity contribution in [2.45, 2.75) is 6.92 Å². The molecule has 0 spiro atoms. The number of carbonyl (C=O) groups is 2. The number of methoxy groups -OCH3 is 1. The number of pyridine rings is 2. The van der Waals surface area contributed by atoms with Crippen molar-refractivity contribution in [1.29, 1.82) is 0 Å². The van der Waals surface area contributed by atoms with E-state index in [2.05, 4.69) is 9.98 Å². The van der Waals surface area contributed by atoms with Gasteiger partial charge < -0.3 is 14.4 Å². The molecule has 8 nitrogen and oxygen atoms in total. The van der Waals surface area contributed by atoms with Gasteiger partial charge >= 0.3 is 0 Å². The molecule has 0 N–H and O–H groups in total. The fourth-order valence-corrected chi connectivity index (χ4v) is 2.99.